The number of carbonyl (C=O) groups is 2. The molecule has 0 saturated carbocycles. The lowest BCUT2D eigenvalue weighted by Crippen LogP contribution is -2.30. The van der Waals surface area contributed by atoms with E-state index < -0.39 is 17.1 Å². The highest BCUT2D eigenvalue weighted by molar-refractivity contribution is 6.55. The second kappa shape index (κ2) is 3.81. The van der Waals surface area contributed by atoms with Gasteiger partial charge in [0, 0.05) is 5.31 Å². The van der Waals surface area contributed by atoms with Gasteiger partial charge in [0.15, 0.2) is 0 Å². The smallest absolute Gasteiger partial charge is 0.292 e. The molecule has 0 fully saturated rings. The summed E-state index contributed by atoms with van der Waals surface area (Å²) >= 11 is 0. The first-order chi connectivity index (χ1) is 5.36. The zero-order valence-electron chi connectivity index (χ0n) is 7.05. The van der Waals surface area contributed by atoms with Gasteiger partial charge < -0.3 is 11.5 Å². The molecule has 0 saturated heterocycles. The first-order valence-corrected chi connectivity index (χ1v) is 3.31. The van der Waals surface area contributed by atoms with Gasteiger partial charge in [-0.15, -0.1) is 0 Å². The van der Waals surface area contributed by atoms with E-state index in [9.17, 15) is 9.59 Å². The lowest BCUT2D eigenvalue weighted by molar-refractivity contribution is -0.120. The van der Waals surface area contributed by atoms with E-state index in [4.69, 9.17) is 11.5 Å². The van der Waals surface area contributed by atoms with Crippen molar-refractivity contribution >= 4 is 19.1 Å². The van der Waals surface area contributed by atoms with Gasteiger partial charge in [0.25, 0.3) is 5.91 Å². The van der Waals surface area contributed by atoms with E-state index >= 15 is 0 Å². The van der Waals surface area contributed by atoms with Crippen LogP contribution in [0, 0.1) is 11.7 Å². The third-order valence-electron chi connectivity index (χ3n) is 1.26. The van der Waals surface area contributed by atoms with E-state index in [-0.39, 0.29) is 0 Å². The topological polar surface area (TPSA) is 86.2 Å². The van der Waals surface area contributed by atoms with Crippen LogP contribution in [-0.2, 0) is 9.59 Å². The molecular formula is C7H10BN2O2. The average Bonchev–Trinajstić information content (AvgIpc) is 1.85. The highest BCUT2D eigenvalue weighted by Crippen LogP contribution is 2.19. The van der Waals surface area contributed by atoms with Crippen molar-refractivity contribution in [2.45, 2.75) is 19.2 Å². The average molecular weight is 165 g/mol. The quantitative estimate of drug-likeness (QED) is 0.398. The lowest BCUT2D eigenvalue weighted by atomic mass is 9.54. The Kier molecular flexibility index (Phi) is 3.36. The second-order valence-corrected chi connectivity index (χ2v) is 2.86. The largest absolute Gasteiger partial charge is 0.370 e. The third kappa shape index (κ3) is 3.66. The van der Waals surface area contributed by atoms with Gasteiger partial charge in [-0.05, 0) is 5.92 Å². The monoisotopic (exact) mass is 165 g/mol. The van der Waals surface area contributed by atoms with Gasteiger partial charge in [-0.2, -0.15) is 5.82 Å². The maximum atomic E-state index is 10.7. The normalized spacial score (nSPS) is 9.50. The number of nitrogens with two attached hydrogens (primary N) is 2. The van der Waals surface area contributed by atoms with Crippen molar-refractivity contribution < 1.29 is 9.59 Å². The zero-order chi connectivity index (χ0) is 9.78. The Morgan fingerprint density at radius 3 is 2.17 bits per heavy atom. The molecule has 4 N–H and O–H groups in total. The van der Waals surface area contributed by atoms with Gasteiger partial charge in [0.2, 0.25) is 13.2 Å². The molecule has 0 rings (SSSR count). The van der Waals surface area contributed by atoms with Crippen molar-refractivity contribution in [3.63, 3.8) is 0 Å². The van der Waals surface area contributed by atoms with Crippen LogP contribution < -0.4 is 11.5 Å². The van der Waals surface area contributed by atoms with Gasteiger partial charge >= 0.3 is 0 Å². The molecule has 0 aromatic heterocycles. The second-order valence-electron chi connectivity index (χ2n) is 2.86. The van der Waals surface area contributed by atoms with Gasteiger partial charge in [0.1, 0.15) is 0 Å². The minimum Gasteiger partial charge on any atom is -0.370 e. The van der Waals surface area contributed by atoms with E-state index in [1.54, 1.807) is 13.8 Å². The van der Waals surface area contributed by atoms with Crippen LogP contribution in [0.5, 0.6) is 0 Å². The highest BCUT2D eigenvalue weighted by atomic mass is 16.1. The van der Waals surface area contributed by atoms with E-state index in [1.807, 2.05) is 0 Å². The van der Waals surface area contributed by atoms with Crippen molar-refractivity contribution in [1.82, 2.24) is 0 Å². The van der Waals surface area contributed by atoms with Crippen molar-refractivity contribution in [3.05, 3.63) is 0 Å². The summed E-state index contributed by atoms with van der Waals surface area (Å²) in [6, 6.07) is 0. The Bertz CT molecular complexity index is 262. The van der Waals surface area contributed by atoms with Gasteiger partial charge in [-0.25, -0.2) is 0 Å². The minimum atomic E-state index is -0.831. The Morgan fingerprint density at radius 2 is 1.83 bits per heavy atom. The molecule has 0 atom stereocenters. The number of carbonyl (C=O) groups excluding carboxylic acids is 2. The SMILES string of the molecule is CC(C)([B]C#CC(N)=O)C(N)=O. The molecule has 2 amide bonds. The molecule has 0 aliphatic rings. The summed E-state index contributed by atoms with van der Waals surface area (Å²) in [5, 5.41) is -0.831. The summed E-state index contributed by atoms with van der Waals surface area (Å²) in [6.45, 7) is 3.20. The molecular weight excluding hydrogens is 155 g/mol. The molecule has 0 aromatic rings. The molecule has 5 heteroatoms. The molecule has 0 aliphatic carbocycles. The van der Waals surface area contributed by atoms with Crippen LogP contribution in [0.3, 0.4) is 0 Å². The van der Waals surface area contributed by atoms with Crippen molar-refractivity contribution in [2.24, 2.45) is 11.5 Å². The van der Waals surface area contributed by atoms with Crippen LogP contribution in [0.4, 0.5) is 0 Å². The van der Waals surface area contributed by atoms with Gasteiger partial charge in [-0.3, -0.25) is 9.59 Å². The summed E-state index contributed by atoms with van der Waals surface area (Å²) in [7, 11) is 1.35. The van der Waals surface area contributed by atoms with Crippen LogP contribution in [0.15, 0.2) is 0 Å². The summed E-state index contributed by atoms with van der Waals surface area (Å²) in [5.41, 5.74) is 9.78. The third-order valence-corrected chi connectivity index (χ3v) is 1.26. The first-order valence-electron chi connectivity index (χ1n) is 3.31. The van der Waals surface area contributed by atoms with Crippen LogP contribution >= 0.6 is 0 Å². The maximum absolute atomic E-state index is 10.7. The number of amides is 2. The molecule has 0 spiro atoms. The van der Waals surface area contributed by atoms with Crippen LogP contribution in [0.2, 0.25) is 5.31 Å². The molecule has 0 bridgehead atoms. The standard InChI is InChI=1S/C7H10BN2O2/c1-7(2,6(10)12)8-4-3-5(9)11/h1-2H3,(H2,9,11)(H2,10,12). The first kappa shape index (κ1) is 10.6. The van der Waals surface area contributed by atoms with Crippen molar-refractivity contribution in [1.29, 1.82) is 0 Å². The van der Waals surface area contributed by atoms with Crippen molar-refractivity contribution in [2.75, 3.05) is 0 Å². The molecule has 63 valence electrons. The van der Waals surface area contributed by atoms with E-state index in [1.165, 1.54) is 7.28 Å². The fourth-order valence-corrected chi connectivity index (χ4v) is 0.359. The predicted molar refractivity (Wildman–Crippen MR) is 46.0 cm³/mol. The van der Waals surface area contributed by atoms with E-state index in [2.05, 4.69) is 11.7 Å². The Hall–Kier alpha value is -1.44. The summed E-state index contributed by atoms with van der Waals surface area (Å²) in [6.07, 6.45) is 0. The molecule has 0 aliphatic heterocycles. The minimum absolute atomic E-state index is 0.499. The molecule has 0 aromatic carbocycles. The van der Waals surface area contributed by atoms with Crippen LogP contribution in [0.1, 0.15) is 13.8 Å². The molecule has 1 radical (unpaired) electrons. The van der Waals surface area contributed by atoms with Crippen LogP contribution in [0.25, 0.3) is 0 Å². The molecule has 0 heterocycles. The molecule has 12 heavy (non-hydrogen) atoms. The van der Waals surface area contributed by atoms with E-state index in [0.29, 0.717) is 0 Å². The Balaban J connectivity index is 4.21. The highest BCUT2D eigenvalue weighted by Gasteiger charge is 2.24. The summed E-state index contributed by atoms with van der Waals surface area (Å²) in [5.74, 6) is 3.21. The zero-order valence-corrected chi connectivity index (χ0v) is 7.05. The summed E-state index contributed by atoms with van der Waals surface area (Å²) < 4.78 is 0. The van der Waals surface area contributed by atoms with Crippen LogP contribution in [-0.4, -0.2) is 19.1 Å². The fourth-order valence-electron chi connectivity index (χ4n) is 0.359. The molecule has 0 unspecified atom stereocenters. The summed E-state index contributed by atoms with van der Waals surface area (Å²) in [4.78, 5) is 20.9. The fraction of sp³-hybridized carbons (Fsp3) is 0.429. The van der Waals surface area contributed by atoms with E-state index in [0.717, 1.165) is 0 Å². The predicted octanol–water partition coefficient (Wildman–Crippen LogP) is -1.18. The molecule has 4 nitrogen and oxygen atoms in total. The van der Waals surface area contributed by atoms with Gasteiger partial charge in [0.05, 0.1) is 0 Å². The number of hydrogen-bond acceptors (Lipinski definition) is 2. The number of hydrogen-bond donors (Lipinski definition) is 2. The maximum Gasteiger partial charge on any atom is 0.292 e. The Labute approximate surface area is 71.9 Å². The Morgan fingerprint density at radius 1 is 1.33 bits per heavy atom. The number of primary amides is 2. The van der Waals surface area contributed by atoms with Gasteiger partial charge in [-0.1, -0.05) is 13.8 Å². The lowest BCUT2D eigenvalue weighted by Gasteiger charge is -2.14. The van der Waals surface area contributed by atoms with Crippen molar-refractivity contribution in [3.8, 4) is 11.7 Å². The number of rotatable bonds is 2.